The van der Waals surface area contributed by atoms with Gasteiger partial charge in [0.25, 0.3) is 5.91 Å². The third kappa shape index (κ3) is 4.23. The van der Waals surface area contributed by atoms with Crippen LogP contribution in [0.15, 0.2) is 29.2 Å². The van der Waals surface area contributed by atoms with Crippen LogP contribution in [0.25, 0.3) is 0 Å². The molecule has 0 radical (unpaired) electrons. The first-order chi connectivity index (χ1) is 13.6. The van der Waals surface area contributed by atoms with E-state index < -0.39 is 27.0 Å². The fourth-order valence-corrected chi connectivity index (χ4v) is 5.92. The number of benzene rings is 1. The second kappa shape index (κ2) is 8.28. The first kappa shape index (κ1) is 21.5. The van der Waals surface area contributed by atoms with Gasteiger partial charge in [-0.05, 0) is 62.8 Å². The number of esters is 1. The number of carbonyl (C=O) groups is 2. The van der Waals surface area contributed by atoms with E-state index in [1.807, 2.05) is 0 Å². The van der Waals surface area contributed by atoms with Gasteiger partial charge in [0.2, 0.25) is 0 Å². The zero-order valence-electron chi connectivity index (χ0n) is 16.9. The minimum absolute atomic E-state index is 0.104. The molecule has 1 N–H and O–H groups in total. The van der Waals surface area contributed by atoms with Crippen LogP contribution in [0.4, 0.5) is 5.00 Å². The van der Waals surface area contributed by atoms with Crippen LogP contribution >= 0.6 is 11.3 Å². The van der Waals surface area contributed by atoms with Gasteiger partial charge in [-0.1, -0.05) is 13.0 Å². The molecule has 156 valence electrons. The Morgan fingerprint density at radius 2 is 2.00 bits per heavy atom. The van der Waals surface area contributed by atoms with E-state index in [9.17, 15) is 18.0 Å². The SMILES string of the molecule is COC(=O)c1c(NC(=O)c2cccc(S(=O)(=O)C(C)C)c2)sc2c1CCC(C)C2. The molecule has 29 heavy (non-hydrogen) atoms. The summed E-state index contributed by atoms with van der Waals surface area (Å²) in [5.74, 6) is -0.404. The molecule has 0 aliphatic heterocycles. The molecule has 0 bridgehead atoms. The van der Waals surface area contributed by atoms with Gasteiger partial charge in [0.15, 0.2) is 9.84 Å². The number of hydrogen-bond donors (Lipinski definition) is 1. The van der Waals surface area contributed by atoms with Crippen molar-refractivity contribution in [2.24, 2.45) is 5.92 Å². The molecular formula is C21H25NO5S2. The maximum absolute atomic E-state index is 12.9. The molecule has 1 aromatic carbocycles. The molecule has 1 amide bonds. The highest BCUT2D eigenvalue weighted by Crippen LogP contribution is 2.40. The Labute approximate surface area is 175 Å². The smallest absolute Gasteiger partial charge is 0.341 e. The summed E-state index contributed by atoms with van der Waals surface area (Å²) in [6, 6.07) is 5.96. The maximum atomic E-state index is 12.9. The van der Waals surface area contributed by atoms with Gasteiger partial charge in [-0.15, -0.1) is 11.3 Å². The number of rotatable bonds is 5. The van der Waals surface area contributed by atoms with E-state index >= 15 is 0 Å². The first-order valence-corrected chi connectivity index (χ1v) is 11.9. The van der Waals surface area contributed by atoms with Gasteiger partial charge in [0.1, 0.15) is 5.00 Å². The fourth-order valence-electron chi connectivity index (χ4n) is 3.42. The largest absolute Gasteiger partial charge is 0.465 e. The number of ether oxygens (including phenoxy) is 1. The Hall–Kier alpha value is -2.19. The molecule has 3 rings (SSSR count). The molecule has 1 heterocycles. The highest BCUT2D eigenvalue weighted by molar-refractivity contribution is 7.92. The van der Waals surface area contributed by atoms with E-state index in [0.29, 0.717) is 16.5 Å². The van der Waals surface area contributed by atoms with Gasteiger partial charge < -0.3 is 10.1 Å². The van der Waals surface area contributed by atoms with Gasteiger partial charge in [-0.2, -0.15) is 0 Å². The van der Waals surface area contributed by atoms with Crippen molar-refractivity contribution in [3.63, 3.8) is 0 Å². The molecule has 8 heteroatoms. The van der Waals surface area contributed by atoms with Crippen LogP contribution in [0.2, 0.25) is 0 Å². The van der Waals surface area contributed by atoms with Crippen LogP contribution in [0.3, 0.4) is 0 Å². The fraction of sp³-hybridized carbons (Fsp3) is 0.429. The minimum atomic E-state index is -3.49. The number of fused-ring (bicyclic) bond motifs is 1. The van der Waals surface area contributed by atoms with Gasteiger partial charge in [-0.3, -0.25) is 4.79 Å². The van der Waals surface area contributed by atoms with Gasteiger partial charge in [0, 0.05) is 10.4 Å². The lowest BCUT2D eigenvalue weighted by atomic mass is 9.88. The standard InChI is InChI=1S/C21H25NO5S2/c1-12(2)29(25,26)15-7-5-6-14(11-15)19(23)22-20-18(21(24)27-4)16-9-8-13(3)10-17(16)28-20/h5-7,11-13H,8-10H2,1-4H3,(H,22,23). The van der Waals surface area contributed by atoms with Crippen LogP contribution in [0.1, 0.15) is 58.3 Å². The van der Waals surface area contributed by atoms with Crippen LogP contribution in [-0.2, 0) is 27.4 Å². The summed E-state index contributed by atoms with van der Waals surface area (Å²) < 4.78 is 29.8. The summed E-state index contributed by atoms with van der Waals surface area (Å²) in [7, 11) is -2.17. The molecule has 0 fully saturated rings. The number of thiophene rings is 1. The molecule has 1 atom stereocenters. The zero-order valence-corrected chi connectivity index (χ0v) is 18.6. The highest BCUT2D eigenvalue weighted by atomic mass is 32.2. The van der Waals surface area contributed by atoms with Crippen molar-refractivity contribution in [3.8, 4) is 0 Å². The Balaban J connectivity index is 1.95. The predicted molar refractivity (Wildman–Crippen MR) is 114 cm³/mol. The Morgan fingerprint density at radius 3 is 2.66 bits per heavy atom. The summed E-state index contributed by atoms with van der Waals surface area (Å²) in [5.41, 5.74) is 1.59. The second-order valence-corrected chi connectivity index (χ2v) is 11.2. The molecule has 1 unspecified atom stereocenters. The lowest BCUT2D eigenvalue weighted by molar-refractivity contribution is 0.0601. The number of anilines is 1. The molecule has 2 aromatic rings. The van der Waals surface area contributed by atoms with E-state index in [1.54, 1.807) is 26.0 Å². The highest BCUT2D eigenvalue weighted by Gasteiger charge is 2.29. The van der Waals surface area contributed by atoms with E-state index in [4.69, 9.17) is 4.74 Å². The van der Waals surface area contributed by atoms with Crippen LogP contribution in [0.5, 0.6) is 0 Å². The third-order valence-electron chi connectivity index (χ3n) is 5.17. The van der Waals surface area contributed by atoms with Crippen molar-refractivity contribution in [2.45, 2.75) is 50.2 Å². The van der Waals surface area contributed by atoms with Crippen molar-refractivity contribution >= 4 is 38.1 Å². The number of methoxy groups -OCH3 is 1. The Bertz CT molecular complexity index is 1050. The number of sulfone groups is 1. The zero-order chi connectivity index (χ0) is 21.3. The third-order valence-corrected chi connectivity index (χ3v) is 8.50. The molecule has 0 spiro atoms. The van der Waals surface area contributed by atoms with Crippen molar-refractivity contribution in [1.29, 1.82) is 0 Å². The lowest BCUT2D eigenvalue weighted by Gasteiger charge is -2.18. The summed E-state index contributed by atoms with van der Waals surface area (Å²) in [5, 5.41) is 2.68. The molecule has 1 aliphatic carbocycles. The van der Waals surface area contributed by atoms with E-state index in [1.165, 1.54) is 30.6 Å². The molecule has 1 aliphatic rings. The maximum Gasteiger partial charge on any atom is 0.341 e. The van der Waals surface area contributed by atoms with Gasteiger partial charge in [-0.25, -0.2) is 13.2 Å². The first-order valence-electron chi connectivity index (χ1n) is 9.53. The average Bonchev–Trinajstić information content (AvgIpc) is 3.04. The Morgan fingerprint density at radius 1 is 1.28 bits per heavy atom. The van der Waals surface area contributed by atoms with Crippen molar-refractivity contribution < 1.29 is 22.7 Å². The lowest BCUT2D eigenvalue weighted by Crippen LogP contribution is -2.17. The molecular weight excluding hydrogens is 410 g/mol. The number of hydrogen-bond acceptors (Lipinski definition) is 6. The van der Waals surface area contributed by atoms with Crippen LogP contribution in [0, 0.1) is 5.92 Å². The normalized spacial score (nSPS) is 16.4. The molecule has 1 aromatic heterocycles. The van der Waals surface area contributed by atoms with Gasteiger partial charge >= 0.3 is 5.97 Å². The number of amides is 1. The van der Waals surface area contributed by atoms with Crippen LogP contribution < -0.4 is 5.32 Å². The second-order valence-electron chi connectivity index (χ2n) is 7.62. The van der Waals surface area contributed by atoms with Crippen molar-refractivity contribution in [3.05, 3.63) is 45.8 Å². The van der Waals surface area contributed by atoms with Gasteiger partial charge in [0.05, 0.1) is 22.8 Å². The quantitative estimate of drug-likeness (QED) is 0.715. The van der Waals surface area contributed by atoms with Crippen molar-refractivity contribution in [2.75, 3.05) is 12.4 Å². The minimum Gasteiger partial charge on any atom is -0.465 e. The summed E-state index contributed by atoms with van der Waals surface area (Å²) in [4.78, 5) is 26.4. The number of nitrogens with one attached hydrogen (secondary N) is 1. The monoisotopic (exact) mass is 435 g/mol. The summed E-state index contributed by atoms with van der Waals surface area (Å²) >= 11 is 1.40. The topological polar surface area (TPSA) is 89.5 Å². The average molecular weight is 436 g/mol. The molecule has 0 saturated carbocycles. The predicted octanol–water partition coefficient (Wildman–Crippen LogP) is 4.09. The summed E-state index contributed by atoms with van der Waals surface area (Å²) in [6.07, 6.45) is 2.62. The van der Waals surface area contributed by atoms with E-state index in [0.717, 1.165) is 29.7 Å². The Kier molecular flexibility index (Phi) is 6.14. The molecule has 6 nitrogen and oxygen atoms in total. The van der Waals surface area contributed by atoms with Crippen LogP contribution in [-0.4, -0.2) is 32.7 Å². The van der Waals surface area contributed by atoms with Crippen molar-refractivity contribution in [1.82, 2.24) is 0 Å². The number of carbonyl (C=O) groups excluding carboxylic acids is 2. The van der Waals surface area contributed by atoms with E-state index in [2.05, 4.69) is 12.2 Å². The molecule has 0 saturated heterocycles. The van der Waals surface area contributed by atoms with E-state index in [-0.39, 0.29) is 10.5 Å². The summed E-state index contributed by atoms with van der Waals surface area (Å²) in [6.45, 7) is 5.36.